The molecule has 1 saturated heterocycles. The Labute approximate surface area is 153 Å². The van der Waals surface area contributed by atoms with Gasteiger partial charge in [0.25, 0.3) is 0 Å². The summed E-state index contributed by atoms with van der Waals surface area (Å²) < 4.78 is 11.2. The molecule has 0 radical (unpaired) electrons. The fourth-order valence-corrected chi connectivity index (χ4v) is 3.58. The molecular weight excluding hydrogens is 326 g/mol. The average molecular weight is 351 g/mol. The van der Waals surface area contributed by atoms with Gasteiger partial charge in [-0.05, 0) is 42.7 Å². The summed E-state index contributed by atoms with van der Waals surface area (Å²) in [5.74, 6) is 1.88. The van der Waals surface area contributed by atoms with Gasteiger partial charge in [-0.3, -0.25) is 4.90 Å². The standard InChI is InChI=1S/C21H25N3O2/c1-25-17-7-4-6-16(12-17)13-24(14-18-8-5-11-26-18)15-21-22-19-9-2-3-10-20(19)23-21/h2-4,6-7,9-10,12,18H,5,8,11,13-15H2,1H3,(H,22,23)/t18-/m0/s1. The third-order valence-corrected chi connectivity index (χ3v) is 4.84. The second kappa shape index (κ2) is 7.89. The Bertz CT molecular complexity index is 822. The summed E-state index contributed by atoms with van der Waals surface area (Å²) in [4.78, 5) is 10.6. The van der Waals surface area contributed by atoms with Gasteiger partial charge in [0, 0.05) is 19.7 Å². The molecule has 1 aliphatic rings. The van der Waals surface area contributed by atoms with E-state index in [1.807, 2.05) is 30.3 Å². The lowest BCUT2D eigenvalue weighted by Gasteiger charge is -2.24. The molecule has 5 heteroatoms. The van der Waals surface area contributed by atoms with E-state index in [1.54, 1.807) is 7.11 Å². The maximum absolute atomic E-state index is 5.87. The fraction of sp³-hybridized carbons (Fsp3) is 0.381. The highest BCUT2D eigenvalue weighted by atomic mass is 16.5. The zero-order valence-electron chi connectivity index (χ0n) is 15.1. The fourth-order valence-electron chi connectivity index (χ4n) is 3.58. The van der Waals surface area contributed by atoms with Crippen molar-refractivity contribution in [2.45, 2.75) is 32.0 Å². The lowest BCUT2D eigenvalue weighted by Crippen LogP contribution is -2.31. The predicted octanol–water partition coefficient (Wildman–Crippen LogP) is 3.75. The van der Waals surface area contributed by atoms with E-state index in [-0.39, 0.29) is 0 Å². The van der Waals surface area contributed by atoms with E-state index in [1.165, 1.54) is 5.56 Å². The number of fused-ring (bicyclic) bond motifs is 1. The Morgan fingerprint density at radius 3 is 2.92 bits per heavy atom. The summed E-state index contributed by atoms with van der Waals surface area (Å²) in [6.45, 7) is 3.40. The molecule has 1 aromatic heterocycles. The summed E-state index contributed by atoms with van der Waals surface area (Å²) >= 11 is 0. The van der Waals surface area contributed by atoms with Crippen LogP contribution in [0.4, 0.5) is 0 Å². The van der Waals surface area contributed by atoms with E-state index in [2.05, 4.69) is 28.1 Å². The number of H-pyrrole nitrogens is 1. The van der Waals surface area contributed by atoms with Gasteiger partial charge in [0.15, 0.2) is 0 Å². The first-order chi connectivity index (χ1) is 12.8. The van der Waals surface area contributed by atoms with Gasteiger partial charge in [0.2, 0.25) is 0 Å². The second-order valence-electron chi connectivity index (χ2n) is 6.86. The van der Waals surface area contributed by atoms with Gasteiger partial charge in [-0.25, -0.2) is 4.98 Å². The van der Waals surface area contributed by atoms with Crippen molar-refractivity contribution in [3.8, 4) is 5.75 Å². The molecule has 1 fully saturated rings. The Balaban J connectivity index is 1.52. The number of benzene rings is 2. The molecule has 4 rings (SSSR count). The third-order valence-electron chi connectivity index (χ3n) is 4.84. The molecule has 136 valence electrons. The zero-order chi connectivity index (χ0) is 17.8. The number of imidazole rings is 1. The monoisotopic (exact) mass is 351 g/mol. The van der Waals surface area contributed by atoms with Crippen LogP contribution in [0, 0.1) is 0 Å². The molecule has 3 aromatic rings. The molecule has 0 saturated carbocycles. The first-order valence-electron chi connectivity index (χ1n) is 9.20. The molecule has 2 heterocycles. The molecule has 1 aliphatic heterocycles. The quantitative estimate of drug-likeness (QED) is 0.704. The van der Waals surface area contributed by atoms with Crippen LogP contribution in [-0.2, 0) is 17.8 Å². The Morgan fingerprint density at radius 2 is 2.12 bits per heavy atom. The highest BCUT2D eigenvalue weighted by Crippen LogP contribution is 2.20. The minimum atomic E-state index is 0.310. The molecular formula is C21H25N3O2. The number of nitrogens with zero attached hydrogens (tertiary/aromatic N) is 2. The summed E-state index contributed by atoms with van der Waals surface area (Å²) in [6.07, 6.45) is 2.60. The van der Waals surface area contributed by atoms with Gasteiger partial charge >= 0.3 is 0 Å². The van der Waals surface area contributed by atoms with E-state index in [0.29, 0.717) is 6.10 Å². The van der Waals surface area contributed by atoms with Crippen molar-refractivity contribution in [2.75, 3.05) is 20.3 Å². The highest BCUT2D eigenvalue weighted by molar-refractivity contribution is 5.74. The van der Waals surface area contributed by atoms with Crippen molar-refractivity contribution < 1.29 is 9.47 Å². The maximum atomic E-state index is 5.87. The minimum absolute atomic E-state index is 0.310. The van der Waals surface area contributed by atoms with E-state index in [4.69, 9.17) is 14.5 Å². The number of hydrogen-bond donors (Lipinski definition) is 1. The van der Waals surface area contributed by atoms with Gasteiger partial charge in [0.1, 0.15) is 11.6 Å². The van der Waals surface area contributed by atoms with Gasteiger partial charge in [0.05, 0.1) is 30.8 Å². The SMILES string of the molecule is COc1cccc(CN(Cc2nc3ccccc3[nH]2)C[C@@H]2CCCO2)c1. The largest absolute Gasteiger partial charge is 0.497 e. The van der Waals surface area contributed by atoms with Crippen LogP contribution >= 0.6 is 0 Å². The Kier molecular flexibility index (Phi) is 5.18. The molecule has 0 bridgehead atoms. The lowest BCUT2D eigenvalue weighted by molar-refractivity contribution is 0.0671. The topological polar surface area (TPSA) is 50.4 Å². The number of rotatable bonds is 7. The molecule has 0 amide bonds. The summed E-state index contributed by atoms with van der Waals surface area (Å²) in [6, 6.07) is 16.4. The number of para-hydroxylation sites is 2. The number of methoxy groups -OCH3 is 1. The summed E-state index contributed by atoms with van der Waals surface area (Å²) in [7, 11) is 1.71. The van der Waals surface area contributed by atoms with Crippen molar-refractivity contribution >= 4 is 11.0 Å². The van der Waals surface area contributed by atoms with Gasteiger partial charge < -0.3 is 14.5 Å². The molecule has 1 atom stereocenters. The van der Waals surface area contributed by atoms with E-state index in [0.717, 1.165) is 61.7 Å². The van der Waals surface area contributed by atoms with E-state index < -0.39 is 0 Å². The lowest BCUT2D eigenvalue weighted by atomic mass is 10.1. The predicted molar refractivity (Wildman–Crippen MR) is 102 cm³/mol. The minimum Gasteiger partial charge on any atom is -0.497 e. The number of ether oxygens (including phenoxy) is 2. The van der Waals surface area contributed by atoms with Gasteiger partial charge in [-0.2, -0.15) is 0 Å². The van der Waals surface area contributed by atoms with E-state index in [9.17, 15) is 0 Å². The van der Waals surface area contributed by atoms with Crippen LogP contribution in [0.3, 0.4) is 0 Å². The van der Waals surface area contributed by atoms with Crippen LogP contribution in [0.25, 0.3) is 11.0 Å². The van der Waals surface area contributed by atoms with Crippen molar-refractivity contribution in [1.29, 1.82) is 0 Å². The molecule has 0 aliphatic carbocycles. The molecule has 2 aromatic carbocycles. The van der Waals surface area contributed by atoms with Crippen molar-refractivity contribution in [1.82, 2.24) is 14.9 Å². The first-order valence-corrected chi connectivity index (χ1v) is 9.20. The van der Waals surface area contributed by atoms with Crippen molar-refractivity contribution in [3.05, 3.63) is 59.9 Å². The Morgan fingerprint density at radius 1 is 1.19 bits per heavy atom. The van der Waals surface area contributed by atoms with Crippen LogP contribution in [0.15, 0.2) is 48.5 Å². The van der Waals surface area contributed by atoms with Gasteiger partial charge in [-0.1, -0.05) is 24.3 Å². The number of aromatic nitrogens is 2. The van der Waals surface area contributed by atoms with Crippen LogP contribution in [0.5, 0.6) is 5.75 Å². The smallest absolute Gasteiger partial charge is 0.121 e. The van der Waals surface area contributed by atoms with E-state index >= 15 is 0 Å². The zero-order valence-corrected chi connectivity index (χ0v) is 15.1. The molecule has 0 spiro atoms. The molecule has 0 unspecified atom stereocenters. The molecule has 5 nitrogen and oxygen atoms in total. The summed E-state index contributed by atoms with van der Waals surface area (Å²) in [5, 5.41) is 0. The molecule has 1 N–H and O–H groups in total. The first kappa shape index (κ1) is 17.1. The van der Waals surface area contributed by atoms with Crippen molar-refractivity contribution in [2.24, 2.45) is 0 Å². The maximum Gasteiger partial charge on any atom is 0.121 e. The van der Waals surface area contributed by atoms with Crippen LogP contribution in [-0.4, -0.2) is 41.2 Å². The normalized spacial score (nSPS) is 17.2. The second-order valence-corrected chi connectivity index (χ2v) is 6.86. The number of nitrogens with one attached hydrogen (secondary N) is 1. The van der Waals surface area contributed by atoms with Crippen LogP contribution < -0.4 is 4.74 Å². The third kappa shape index (κ3) is 4.06. The number of aromatic amines is 1. The van der Waals surface area contributed by atoms with Gasteiger partial charge in [-0.15, -0.1) is 0 Å². The van der Waals surface area contributed by atoms with Crippen molar-refractivity contribution in [3.63, 3.8) is 0 Å². The highest BCUT2D eigenvalue weighted by Gasteiger charge is 2.20. The average Bonchev–Trinajstić information content (AvgIpc) is 3.30. The number of hydrogen-bond acceptors (Lipinski definition) is 4. The van der Waals surface area contributed by atoms with Crippen LogP contribution in [0.1, 0.15) is 24.2 Å². The van der Waals surface area contributed by atoms with Crippen LogP contribution in [0.2, 0.25) is 0 Å². The Hall–Kier alpha value is -2.37. The summed E-state index contributed by atoms with van der Waals surface area (Å²) in [5.41, 5.74) is 3.33. The molecule has 26 heavy (non-hydrogen) atoms.